The molecule has 2 aromatic carbocycles. The first kappa shape index (κ1) is 13.8. The van der Waals surface area contributed by atoms with Crippen LogP contribution in [0.15, 0.2) is 71.5 Å². The summed E-state index contributed by atoms with van der Waals surface area (Å²) in [6.45, 7) is 0.663. The molecule has 1 N–H and O–H groups in total. The van der Waals surface area contributed by atoms with E-state index in [4.69, 9.17) is 4.42 Å². The summed E-state index contributed by atoms with van der Waals surface area (Å²) in [5, 5.41) is 15.0. The molecule has 4 heteroatoms. The Labute approximate surface area is 133 Å². The van der Waals surface area contributed by atoms with Crippen molar-refractivity contribution in [2.75, 3.05) is 0 Å². The van der Waals surface area contributed by atoms with E-state index in [-0.39, 0.29) is 6.61 Å². The van der Waals surface area contributed by atoms with E-state index in [0.29, 0.717) is 6.54 Å². The SMILES string of the molecule is OCc1ccoc1-c1cccc(Cn2ncc3ccccc32)c1. The van der Waals surface area contributed by atoms with Crippen LogP contribution in [0.2, 0.25) is 0 Å². The third-order valence-electron chi connectivity index (χ3n) is 3.99. The molecule has 0 unspecified atom stereocenters. The number of rotatable bonds is 4. The number of nitrogens with zero attached hydrogens (tertiary/aromatic N) is 2. The number of aromatic nitrogens is 2. The second-order valence-corrected chi connectivity index (χ2v) is 5.49. The molecular formula is C19H16N2O2. The summed E-state index contributed by atoms with van der Waals surface area (Å²) in [7, 11) is 0. The molecule has 0 radical (unpaired) electrons. The maximum atomic E-state index is 9.39. The van der Waals surface area contributed by atoms with Gasteiger partial charge in [0.05, 0.1) is 31.1 Å². The zero-order valence-electron chi connectivity index (χ0n) is 12.5. The van der Waals surface area contributed by atoms with E-state index in [9.17, 15) is 5.11 Å². The zero-order chi connectivity index (χ0) is 15.6. The monoisotopic (exact) mass is 304 g/mol. The van der Waals surface area contributed by atoms with Gasteiger partial charge in [-0.25, -0.2) is 0 Å². The highest BCUT2D eigenvalue weighted by Crippen LogP contribution is 2.26. The molecule has 0 atom stereocenters. The lowest BCUT2D eigenvalue weighted by atomic mass is 10.1. The Hall–Kier alpha value is -2.85. The first-order valence-electron chi connectivity index (χ1n) is 7.52. The number of para-hydroxylation sites is 1. The number of benzene rings is 2. The molecule has 0 spiro atoms. The Morgan fingerprint density at radius 3 is 2.87 bits per heavy atom. The molecule has 4 rings (SSSR count). The minimum absolute atomic E-state index is 0.0279. The number of furan rings is 1. The largest absolute Gasteiger partial charge is 0.464 e. The maximum Gasteiger partial charge on any atom is 0.139 e. The molecule has 114 valence electrons. The van der Waals surface area contributed by atoms with E-state index in [0.717, 1.165) is 33.4 Å². The Morgan fingerprint density at radius 2 is 1.96 bits per heavy atom. The second-order valence-electron chi connectivity index (χ2n) is 5.49. The van der Waals surface area contributed by atoms with Gasteiger partial charge in [-0.15, -0.1) is 0 Å². The van der Waals surface area contributed by atoms with Gasteiger partial charge in [0.25, 0.3) is 0 Å². The minimum Gasteiger partial charge on any atom is -0.464 e. The molecule has 0 aliphatic rings. The van der Waals surface area contributed by atoms with Gasteiger partial charge in [-0.1, -0.05) is 36.4 Å². The Kier molecular flexibility index (Phi) is 3.44. The average Bonchev–Trinajstić information content (AvgIpc) is 3.22. The highest BCUT2D eigenvalue weighted by molar-refractivity contribution is 5.78. The van der Waals surface area contributed by atoms with Crippen LogP contribution in [0, 0.1) is 0 Å². The van der Waals surface area contributed by atoms with Crippen LogP contribution in [0.3, 0.4) is 0 Å². The average molecular weight is 304 g/mol. The number of aliphatic hydroxyl groups is 1. The predicted octanol–water partition coefficient (Wildman–Crippen LogP) is 3.84. The quantitative estimate of drug-likeness (QED) is 0.623. The van der Waals surface area contributed by atoms with Crippen molar-refractivity contribution in [2.45, 2.75) is 13.2 Å². The fourth-order valence-electron chi connectivity index (χ4n) is 2.85. The van der Waals surface area contributed by atoms with Crippen molar-refractivity contribution in [3.63, 3.8) is 0 Å². The normalized spacial score (nSPS) is 11.2. The molecule has 2 aromatic heterocycles. The molecule has 2 heterocycles. The molecule has 0 aliphatic carbocycles. The highest BCUT2D eigenvalue weighted by atomic mass is 16.3. The fourth-order valence-corrected chi connectivity index (χ4v) is 2.85. The molecule has 0 aliphatic heterocycles. The summed E-state index contributed by atoms with van der Waals surface area (Å²) in [5.41, 5.74) is 4.02. The van der Waals surface area contributed by atoms with Gasteiger partial charge < -0.3 is 9.52 Å². The van der Waals surface area contributed by atoms with Crippen LogP contribution in [0.25, 0.3) is 22.2 Å². The van der Waals surface area contributed by atoms with Crippen molar-refractivity contribution < 1.29 is 9.52 Å². The molecule has 0 fully saturated rings. The summed E-state index contributed by atoms with van der Waals surface area (Å²) in [5.74, 6) is 0.722. The summed E-state index contributed by atoms with van der Waals surface area (Å²) in [4.78, 5) is 0. The fraction of sp³-hybridized carbons (Fsp3) is 0.105. The lowest BCUT2D eigenvalue weighted by molar-refractivity contribution is 0.281. The number of hydrogen-bond donors (Lipinski definition) is 1. The van der Waals surface area contributed by atoms with E-state index in [2.05, 4.69) is 29.4 Å². The Bertz CT molecular complexity index is 953. The van der Waals surface area contributed by atoms with E-state index < -0.39 is 0 Å². The van der Waals surface area contributed by atoms with Crippen LogP contribution < -0.4 is 0 Å². The first-order valence-corrected chi connectivity index (χ1v) is 7.52. The van der Waals surface area contributed by atoms with Gasteiger partial charge >= 0.3 is 0 Å². The van der Waals surface area contributed by atoms with Crippen molar-refractivity contribution in [3.05, 3.63) is 78.2 Å². The van der Waals surface area contributed by atoms with Crippen molar-refractivity contribution in [2.24, 2.45) is 0 Å². The molecule has 4 aromatic rings. The van der Waals surface area contributed by atoms with Crippen molar-refractivity contribution in [1.29, 1.82) is 0 Å². The van der Waals surface area contributed by atoms with Crippen LogP contribution in [0.4, 0.5) is 0 Å². The Balaban J connectivity index is 1.69. The predicted molar refractivity (Wildman–Crippen MR) is 88.9 cm³/mol. The van der Waals surface area contributed by atoms with Crippen LogP contribution in [0.1, 0.15) is 11.1 Å². The van der Waals surface area contributed by atoms with Gasteiger partial charge in [-0.3, -0.25) is 4.68 Å². The minimum atomic E-state index is -0.0279. The van der Waals surface area contributed by atoms with Crippen molar-refractivity contribution in [1.82, 2.24) is 9.78 Å². The van der Waals surface area contributed by atoms with E-state index in [1.807, 2.05) is 35.1 Å². The molecule has 0 bridgehead atoms. The van der Waals surface area contributed by atoms with Crippen molar-refractivity contribution >= 4 is 10.9 Å². The highest BCUT2D eigenvalue weighted by Gasteiger charge is 2.09. The van der Waals surface area contributed by atoms with Crippen LogP contribution >= 0.6 is 0 Å². The third-order valence-corrected chi connectivity index (χ3v) is 3.99. The Morgan fingerprint density at radius 1 is 1.04 bits per heavy atom. The van der Waals surface area contributed by atoms with Gasteiger partial charge in [0.1, 0.15) is 5.76 Å². The third kappa shape index (κ3) is 2.53. The number of fused-ring (bicyclic) bond motifs is 1. The van der Waals surface area contributed by atoms with Gasteiger partial charge in [0, 0.05) is 16.5 Å². The van der Waals surface area contributed by atoms with Gasteiger partial charge in [-0.05, 0) is 23.8 Å². The van der Waals surface area contributed by atoms with Crippen LogP contribution in [-0.4, -0.2) is 14.9 Å². The molecule has 0 saturated heterocycles. The summed E-state index contributed by atoms with van der Waals surface area (Å²) >= 11 is 0. The van der Waals surface area contributed by atoms with Gasteiger partial charge in [0.2, 0.25) is 0 Å². The van der Waals surface area contributed by atoms with Crippen LogP contribution in [-0.2, 0) is 13.2 Å². The number of hydrogen-bond acceptors (Lipinski definition) is 3. The molecule has 0 amide bonds. The van der Waals surface area contributed by atoms with Crippen molar-refractivity contribution in [3.8, 4) is 11.3 Å². The van der Waals surface area contributed by atoms with E-state index in [1.165, 1.54) is 0 Å². The molecule has 4 nitrogen and oxygen atoms in total. The zero-order valence-corrected chi connectivity index (χ0v) is 12.5. The topological polar surface area (TPSA) is 51.2 Å². The number of aliphatic hydroxyl groups excluding tert-OH is 1. The van der Waals surface area contributed by atoms with Gasteiger partial charge in [0.15, 0.2) is 0 Å². The summed E-state index contributed by atoms with van der Waals surface area (Å²) in [6, 6.07) is 18.1. The van der Waals surface area contributed by atoms with E-state index >= 15 is 0 Å². The van der Waals surface area contributed by atoms with Crippen LogP contribution in [0.5, 0.6) is 0 Å². The lowest BCUT2D eigenvalue weighted by Gasteiger charge is -2.07. The summed E-state index contributed by atoms with van der Waals surface area (Å²) in [6.07, 6.45) is 3.49. The molecular weight excluding hydrogens is 288 g/mol. The van der Waals surface area contributed by atoms with Gasteiger partial charge in [-0.2, -0.15) is 5.10 Å². The lowest BCUT2D eigenvalue weighted by Crippen LogP contribution is -2.01. The van der Waals surface area contributed by atoms with E-state index in [1.54, 1.807) is 12.3 Å². The molecule has 23 heavy (non-hydrogen) atoms. The first-order chi connectivity index (χ1) is 11.3. The second kappa shape index (κ2) is 5.74. The standard InChI is InChI=1S/C19H16N2O2/c22-13-17-8-9-23-19(17)15-6-3-4-14(10-15)12-21-18-7-2-1-5-16(18)11-20-21/h1-11,22H,12-13H2. The smallest absolute Gasteiger partial charge is 0.139 e. The summed E-state index contributed by atoms with van der Waals surface area (Å²) < 4.78 is 7.51. The maximum absolute atomic E-state index is 9.39. The molecule has 0 saturated carbocycles.